The van der Waals surface area contributed by atoms with Crippen LogP contribution in [0.1, 0.15) is 46.1 Å². The van der Waals surface area contributed by atoms with E-state index < -0.39 is 11.7 Å². The van der Waals surface area contributed by atoms with Crippen LogP contribution in [0, 0.1) is 11.3 Å². The summed E-state index contributed by atoms with van der Waals surface area (Å²) in [4.78, 5) is 6.27. The van der Waals surface area contributed by atoms with Crippen LogP contribution in [-0.2, 0) is 6.18 Å². The van der Waals surface area contributed by atoms with Crippen molar-refractivity contribution >= 4 is 16.6 Å². The minimum Gasteiger partial charge on any atom is -0.369 e. The van der Waals surface area contributed by atoms with Crippen LogP contribution in [0.25, 0.3) is 10.9 Å². The third kappa shape index (κ3) is 4.96. The monoisotopic (exact) mass is 393 g/mol. The maximum atomic E-state index is 13.4. The molecule has 3 rings (SSSR count). The van der Waals surface area contributed by atoms with Gasteiger partial charge < -0.3 is 10.2 Å². The molecule has 0 unspecified atom stereocenters. The van der Waals surface area contributed by atoms with E-state index in [1.54, 1.807) is 18.2 Å². The Morgan fingerprint density at radius 2 is 1.89 bits per heavy atom. The molecule has 6 heteroatoms. The topological polar surface area (TPSA) is 28.2 Å². The van der Waals surface area contributed by atoms with Crippen LogP contribution in [0.2, 0.25) is 0 Å². The van der Waals surface area contributed by atoms with Crippen molar-refractivity contribution in [1.29, 1.82) is 0 Å². The van der Waals surface area contributed by atoms with Gasteiger partial charge in [-0.3, -0.25) is 4.98 Å². The van der Waals surface area contributed by atoms with Crippen molar-refractivity contribution in [3.05, 3.63) is 36.0 Å². The first-order valence-corrected chi connectivity index (χ1v) is 9.98. The lowest BCUT2D eigenvalue weighted by atomic mass is 9.91. The molecule has 154 valence electrons. The van der Waals surface area contributed by atoms with Crippen molar-refractivity contribution in [3.63, 3.8) is 0 Å². The molecule has 2 atom stereocenters. The van der Waals surface area contributed by atoms with Gasteiger partial charge in [0.1, 0.15) is 0 Å². The Hall–Kier alpha value is -1.82. The number of anilines is 1. The molecular formula is C22H30F3N3. The van der Waals surface area contributed by atoms with E-state index in [0.717, 1.165) is 38.2 Å². The SMILES string of the molecule is C[C@H]1C[C@@H](NCCC(C)(C)C)CN(c2ccc(C(F)(F)F)c3ncccc23)C1. The molecule has 28 heavy (non-hydrogen) atoms. The largest absolute Gasteiger partial charge is 0.418 e. The van der Waals surface area contributed by atoms with Crippen LogP contribution in [0.15, 0.2) is 30.5 Å². The van der Waals surface area contributed by atoms with E-state index in [9.17, 15) is 13.2 Å². The lowest BCUT2D eigenvalue weighted by Gasteiger charge is -2.39. The Labute approximate surface area is 165 Å². The number of fused-ring (bicyclic) bond motifs is 1. The van der Waals surface area contributed by atoms with Crippen LogP contribution < -0.4 is 10.2 Å². The van der Waals surface area contributed by atoms with E-state index in [0.29, 0.717) is 17.3 Å². The van der Waals surface area contributed by atoms with E-state index in [1.807, 2.05) is 0 Å². The molecule has 0 saturated carbocycles. The van der Waals surface area contributed by atoms with E-state index in [-0.39, 0.29) is 10.9 Å². The van der Waals surface area contributed by atoms with E-state index >= 15 is 0 Å². The fourth-order valence-electron chi connectivity index (χ4n) is 4.01. The molecule has 0 amide bonds. The number of nitrogens with one attached hydrogen (secondary N) is 1. The van der Waals surface area contributed by atoms with E-state index in [4.69, 9.17) is 0 Å². The second-order valence-corrected chi connectivity index (χ2v) is 9.24. The van der Waals surface area contributed by atoms with Gasteiger partial charge in [0, 0.05) is 36.4 Å². The molecule has 1 aliphatic rings. The van der Waals surface area contributed by atoms with E-state index in [1.165, 1.54) is 12.3 Å². The van der Waals surface area contributed by atoms with Crippen molar-refractivity contribution in [3.8, 4) is 0 Å². The average Bonchev–Trinajstić information content (AvgIpc) is 2.58. The molecule has 1 N–H and O–H groups in total. The van der Waals surface area contributed by atoms with Crippen LogP contribution in [0.5, 0.6) is 0 Å². The Morgan fingerprint density at radius 1 is 1.14 bits per heavy atom. The van der Waals surface area contributed by atoms with Gasteiger partial charge in [-0.1, -0.05) is 27.7 Å². The lowest BCUT2D eigenvalue weighted by molar-refractivity contribution is -0.136. The molecule has 0 radical (unpaired) electrons. The third-order valence-electron chi connectivity index (χ3n) is 5.36. The summed E-state index contributed by atoms with van der Waals surface area (Å²) in [6, 6.07) is 6.57. The van der Waals surface area contributed by atoms with Gasteiger partial charge in [0.15, 0.2) is 0 Å². The number of rotatable bonds is 4. The summed E-state index contributed by atoms with van der Waals surface area (Å²) in [5.41, 5.74) is 0.479. The van der Waals surface area contributed by atoms with Crippen LogP contribution in [-0.4, -0.2) is 30.7 Å². The first kappa shape index (κ1) is 20.9. The van der Waals surface area contributed by atoms with Crippen molar-refractivity contribution in [2.75, 3.05) is 24.5 Å². The number of hydrogen-bond donors (Lipinski definition) is 1. The van der Waals surface area contributed by atoms with Gasteiger partial charge in [0.2, 0.25) is 0 Å². The first-order valence-electron chi connectivity index (χ1n) is 9.98. The summed E-state index contributed by atoms with van der Waals surface area (Å²) >= 11 is 0. The number of halogens is 3. The molecule has 0 spiro atoms. The molecule has 3 nitrogen and oxygen atoms in total. The van der Waals surface area contributed by atoms with E-state index in [2.05, 4.69) is 42.9 Å². The number of piperidine rings is 1. The van der Waals surface area contributed by atoms with Crippen molar-refractivity contribution in [1.82, 2.24) is 10.3 Å². The molecule has 1 fully saturated rings. The van der Waals surface area contributed by atoms with Gasteiger partial charge in [-0.15, -0.1) is 0 Å². The van der Waals surface area contributed by atoms with Gasteiger partial charge in [0.25, 0.3) is 0 Å². The molecule has 1 aliphatic heterocycles. The summed E-state index contributed by atoms with van der Waals surface area (Å²) in [7, 11) is 0. The molecule has 2 aromatic rings. The molecule has 2 heterocycles. The maximum absolute atomic E-state index is 13.4. The highest BCUT2D eigenvalue weighted by molar-refractivity contribution is 5.94. The molecule has 0 bridgehead atoms. The van der Waals surface area contributed by atoms with Gasteiger partial charge in [-0.05, 0) is 55.0 Å². The second kappa shape index (κ2) is 7.90. The molecule has 1 aromatic carbocycles. The predicted octanol–water partition coefficient (Wildman–Crippen LogP) is 5.49. The van der Waals surface area contributed by atoms with Gasteiger partial charge in [0.05, 0.1) is 11.1 Å². The summed E-state index contributed by atoms with van der Waals surface area (Å²) in [5, 5.41) is 4.22. The Balaban J connectivity index is 1.85. The van der Waals surface area contributed by atoms with Gasteiger partial charge >= 0.3 is 6.18 Å². The number of benzene rings is 1. The summed E-state index contributed by atoms with van der Waals surface area (Å²) in [6.45, 7) is 11.5. The number of nitrogens with zero attached hydrogens (tertiary/aromatic N) is 2. The average molecular weight is 393 g/mol. The highest BCUT2D eigenvalue weighted by Gasteiger charge is 2.34. The number of aromatic nitrogens is 1. The highest BCUT2D eigenvalue weighted by atomic mass is 19.4. The molecule has 1 saturated heterocycles. The zero-order valence-corrected chi connectivity index (χ0v) is 17.1. The van der Waals surface area contributed by atoms with Crippen LogP contribution in [0.4, 0.5) is 18.9 Å². The Morgan fingerprint density at radius 3 is 2.57 bits per heavy atom. The standard InChI is InChI=1S/C22H30F3N3/c1-15-12-16(26-11-9-21(2,3)4)14-28(13-15)19-8-7-18(22(23,24)25)20-17(19)6-5-10-27-20/h5-8,10,15-16,26H,9,11-14H2,1-4H3/t15-,16+/m0/s1. The number of pyridine rings is 1. The second-order valence-electron chi connectivity index (χ2n) is 9.24. The van der Waals surface area contributed by atoms with Crippen molar-refractivity contribution in [2.45, 2.75) is 52.8 Å². The minimum absolute atomic E-state index is 0.0305. The van der Waals surface area contributed by atoms with Crippen LogP contribution in [0.3, 0.4) is 0 Å². The lowest BCUT2D eigenvalue weighted by Crippen LogP contribution is -2.49. The zero-order chi connectivity index (χ0) is 20.5. The fraction of sp³-hybridized carbons (Fsp3) is 0.591. The zero-order valence-electron chi connectivity index (χ0n) is 17.1. The minimum atomic E-state index is -4.41. The number of hydrogen-bond acceptors (Lipinski definition) is 3. The van der Waals surface area contributed by atoms with Crippen LogP contribution >= 0.6 is 0 Å². The van der Waals surface area contributed by atoms with Gasteiger partial charge in [-0.2, -0.15) is 13.2 Å². The maximum Gasteiger partial charge on any atom is 0.418 e. The molecule has 1 aromatic heterocycles. The smallest absolute Gasteiger partial charge is 0.369 e. The first-order chi connectivity index (χ1) is 13.0. The fourth-order valence-corrected chi connectivity index (χ4v) is 4.01. The van der Waals surface area contributed by atoms with Crippen molar-refractivity contribution < 1.29 is 13.2 Å². The number of alkyl halides is 3. The highest BCUT2D eigenvalue weighted by Crippen LogP contribution is 2.38. The normalized spacial score (nSPS) is 21.3. The summed E-state index contributed by atoms with van der Waals surface area (Å²) in [5.74, 6) is 0.468. The Kier molecular flexibility index (Phi) is 5.89. The molecular weight excluding hydrogens is 363 g/mol. The predicted molar refractivity (Wildman–Crippen MR) is 109 cm³/mol. The van der Waals surface area contributed by atoms with Crippen molar-refractivity contribution in [2.24, 2.45) is 11.3 Å². The van der Waals surface area contributed by atoms with Gasteiger partial charge in [-0.25, -0.2) is 0 Å². The quantitative estimate of drug-likeness (QED) is 0.744. The molecule has 0 aliphatic carbocycles. The Bertz CT molecular complexity index is 811. The summed E-state index contributed by atoms with van der Waals surface area (Å²) < 4.78 is 40.2. The third-order valence-corrected chi connectivity index (χ3v) is 5.36. The summed E-state index contributed by atoms with van der Waals surface area (Å²) in [6.07, 6.45) is -0.809.